The van der Waals surface area contributed by atoms with Crippen molar-refractivity contribution < 1.29 is 23.8 Å². The largest absolute Gasteiger partial charge is 0.485 e. The molecule has 12 nitrogen and oxygen atoms in total. The molecule has 4 heterocycles. The van der Waals surface area contributed by atoms with Gasteiger partial charge in [0, 0.05) is 57.7 Å². The number of β-amino-alcohol motifs (C(OH)–C–C–N with tert-alkyl or cyclic N) is 1. The van der Waals surface area contributed by atoms with E-state index < -0.39 is 6.10 Å². The number of aliphatic hydroxyl groups is 1. The van der Waals surface area contributed by atoms with Crippen molar-refractivity contribution in [3.8, 4) is 5.75 Å². The summed E-state index contributed by atoms with van der Waals surface area (Å²) in [6, 6.07) is 5.77. The Kier molecular flexibility index (Phi) is 9.21. The van der Waals surface area contributed by atoms with Crippen molar-refractivity contribution in [1.82, 2.24) is 30.1 Å². The van der Waals surface area contributed by atoms with Crippen LogP contribution in [-0.4, -0.2) is 86.5 Å². The Labute approximate surface area is 258 Å². The maximum Gasteiger partial charge on any atom is 0.270 e. The van der Waals surface area contributed by atoms with E-state index in [1.165, 1.54) is 17.5 Å². The lowest BCUT2D eigenvalue weighted by Crippen LogP contribution is -2.56. The molecule has 1 saturated heterocycles. The summed E-state index contributed by atoms with van der Waals surface area (Å²) < 4.78 is 11.4. The lowest BCUT2D eigenvalue weighted by molar-refractivity contribution is -0.132. The molecular weight excluding hydrogens is 562 g/mol. The highest BCUT2D eigenvalue weighted by atomic mass is 16.5. The van der Waals surface area contributed by atoms with Crippen LogP contribution < -0.4 is 15.4 Å². The molecule has 1 aromatic carbocycles. The van der Waals surface area contributed by atoms with Crippen molar-refractivity contribution in [2.75, 3.05) is 38.0 Å². The summed E-state index contributed by atoms with van der Waals surface area (Å²) >= 11 is 0. The molecule has 3 N–H and O–H groups in total. The standard InChI is InChI=1S/C32H43N7O5/c1-19-25-9-10-38(13-22(25)7-8-27(19)43-17-28-20(2)34-18-44-28)16-24(41)12-33-30(42)26-11-29(37-31(36-26)32(4,5)6)35-23-14-39(15-23)21(3)40/h7-8,11,18,23-24,41H,9-10,12-17H2,1-6H3,(H,33,42)(H,35,36,37). The van der Waals surface area contributed by atoms with Crippen LogP contribution in [0.15, 0.2) is 29.0 Å². The number of carbonyl (C=O) groups is 2. The van der Waals surface area contributed by atoms with Gasteiger partial charge in [-0.15, -0.1) is 0 Å². The number of aliphatic hydroxyl groups excluding tert-OH is 1. The van der Waals surface area contributed by atoms with Crippen LogP contribution in [0.1, 0.15) is 72.2 Å². The van der Waals surface area contributed by atoms with Gasteiger partial charge in [-0.05, 0) is 43.0 Å². The summed E-state index contributed by atoms with van der Waals surface area (Å²) in [7, 11) is 0. The topological polar surface area (TPSA) is 146 Å². The molecule has 0 spiro atoms. The Morgan fingerprint density at radius 1 is 1.20 bits per heavy atom. The Morgan fingerprint density at radius 2 is 1.98 bits per heavy atom. The zero-order valence-electron chi connectivity index (χ0n) is 26.4. The van der Waals surface area contributed by atoms with Gasteiger partial charge in [0.2, 0.25) is 5.91 Å². The Bertz CT molecular complexity index is 1510. The molecule has 1 fully saturated rings. The van der Waals surface area contributed by atoms with E-state index in [-0.39, 0.29) is 35.5 Å². The third-order valence-electron chi connectivity index (χ3n) is 8.20. The molecule has 44 heavy (non-hydrogen) atoms. The van der Waals surface area contributed by atoms with Gasteiger partial charge in [0.15, 0.2) is 12.2 Å². The van der Waals surface area contributed by atoms with Crippen LogP contribution in [0, 0.1) is 13.8 Å². The zero-order chi connectivity index (χ0) is 31.6. The van der Waals surface area contributed by atoms with Crippen LogP contribution in [0.4, 0.5) is 5.82 Å². The van der Waals surface area contributed by atoms with Crippen molar-refractivity contribution in [2.45, 2.75) is 78.7 Å². The fourth-order valence-electron chi connectivity index (χ4n) is 5.47. The first-order valence-corrected chi connectivity index (χ1v) is 15.1. The Morgan fingerprint density at radius 3 is 2.66 bits per heavy atom. The molecule has 5 rings (SSSR count). The number of benzene rings is 1. The minimum Gasteiger partial charge on any atom is -0.485 e. The highest BCUT2D eigenvalue weighted by Crippen LogP contribution is 2.30. The summed E-state index contributed by atoms with van der Waals surface area (Å²) in [4.78, 5) is 41.9. The number of nitrogens with one attached hydrogen (secondary N) is 2. The number of aryl methyl sites for hydroxylation is 1. The molecule has 2 amide bonds. The average molecular weight is 606 g/mol. The van der Waals surface area contributed by atoms with Crippen LogP contribution in [-0.2, 0) is 29.8 Å². The van der Waals surface area contributed by atoms with E-state index in [2.05, 4.69) is 43.5 Å². The van der Waals surface area contributed by atoms with E-state index in [0.29, 0.717) is 44.4 Å². The predicted octanol–water partition coefficient (Wildman–Crippen LogP) is 2.75. The van der Waals surface area contributed by atoms with Crippen molar-refractivity contribution in [3.05, 3.63) is 64.3 Å². The quantitative estimate of drug-likeness (QED) is 0.315. The van der Waals surface area contributed by atoms with E-state index in [1.807, 2.05) is 33.8 Å². The number of aromatic nitrogens is 3. The number of nitrogens with zero attached hydrogens (tertiary/aromatic N) is 5. The van der Waals surface area contributed by atoms with Gasteiger partial charge in [0.1, 0.15) is 29.7 Å². The second kappa shape index (κ2) is 12.9. The average Bonchev–Trinajstić information content (AvgIpc) is 3.36. The first-order chi connectivity index (χ1) is 20.9. The molecule has 2 aliphatic rings. The monoisotopic (exact) mass is 605 g/mol. The molecule has 0 bridgehead atoms. The van der Waals surface area contributed by atoms with Crippen LogP contribution in [0.3, 0.4) is 0 Å². The summed E-state index contributed by atoms with van der Waals surface area (Å²) in [5.41, 5.74) is 4.29. The summed E-state index contributed by atoms with van der Waals surface area (Å²) in [6.45, 7) is 15.0. The molecule has 0 radical (unpaired) electrons. The normalized spacial score (nSPS) is 16.2. The number of likely N-dealkylation sites (tertiary alicyclic amines) is 1. The van der Waals surface area contributed by atoms with E-state index >= 15 is 0 Å². The van der Waals surface area contributed by atoms with Crippen LogP contribution in [0.2, 0.25) is 0 Å². The number of ether oxygens (including phenoxy) is 1. The van der Waals surface area contributed by atoms with E-state index in [0.717, 1.165) is 35.7 Å². The number of rotatable bonds is 10. The zero-order valence-corrected chi connectivity index (χ0v) is 26.4. The van der Waals surface area contributed by atoms with Gasteiger partial charge in [0.25, 0.3) is 5.91 Å². The predicted molar refractivity (Wildman–Crippen MR) is 164 cm³/mol. The van der Waals surface area contributed by atoms with Crippen molar-refractivity contribution in [2.24, 2.45) is 0 Å². The van der Waals surface area contributed by atoms with Crippen molar-refractivity contribution in [3.63, 3.8) is 0 Å². The SMILES string of the molecule is CC(=O)N1CC(Nc2cc(C(=O)NCC(O)CN3CCc4c(ccc(OCc5ocnc5C)c4C)C3)nc(C(C)(C)C)n2)C1. The van der Waals surface area contributed by atoms with Crippen molar-refractivity contribution in [1.29, 1.82) is 0 Å². The highest BCUT2D eigenvalue weighted by Gasteiger charge is 2.30. The van der Waals surface area contributed by atoms with Gasteiger partial charge in [-0.1, -0.05) is 26.8 Å². The first kappa shape index (κ1) is 31.4. The highest BCUT2D eigenvalue weighted by molar-refractivity contribution is 5.93. The molecule has 1 unspecified atom stereocenters. The third kappa shape index (κ3) is 7.36. The molecule has 1 atom stereocenters. The Hall–Kier alpha value is -4.03. The van der Waals surface area contributed by atoms with Crippen LogP contribution in [0.5, 0.6) is 5.75 Å². The van der Waals surface area contributed by atoms with Gasteiger partial charge in [-0.3, -0.25) is 14.5 Å². The molecule has 0 saturated carbocycles. The number of amides is 2. The number of hydrogen-bond donors (Lipinski definition) is 3. The maximum atomic E-state index is 13.1. The summed E-state index contributed by atoms with van der Waals surface area (Å²) in [5.74, 6) is 2.31. The van der Waals surface area contributed by atoms with Gasteiger partial charge in [-0.25, -0.2) is 15.0 Å². The number of oxazole rings is 1. The Balaban J connectivity index is 1.14. The van der Waals surface area contributed by atoms with Gasteiger partial charge >= 0.3 is 0 Å². The number of anilines is 1. The van der Waals surface area contributed by atoms with E-state index in [9.17, 15) is 14.7 Å². The van der Waals surface area contributed by atoms with Crippen LogP contribution in [0.25, 0.3) is 0 Å². The molecule has 2 aliphatic heterocycles. The smallest absolute Gasteiger partial charge is 0.270 e. The van der Waals surface area contributed by atoms with Crippen molar-refractivity contribution >= 4 is 17.6 Å². The first-order valence-electron chi connectivity index (χ1n) is 15.1. The van der Waals surface area contributed by atoms with Gasteiger partial charge in [0.05, 0.1) is 17.8 Å². The molecule has 236 valence electrons. The third-order valence-corrected chi connectivity index (χ3v) is 8.20. The lowest BCUT2D eigenvalue weighted by atomic mass is 9.94. The number of hydrogen-bond acceptors (Lipinski definition) is 10. The molecule has 0 aliphatic carbocycles. The maximum absolute atomic E-state index is 13.1. The van der Waals surface area contributed by atoms with Gasteiger partial charge in [-0.2, -0.15) is 0 Å². The second-order valence-corrected chi connectivity index (χ2v) is 12.8. The minimum absolute atomic E-state index is 0.0394. The van der Waals surface area contributed by atoms with E-state index in [4.69, 9.17) is 9.15 Å². The summed E-state index contributed by atoms with van der Waals surface area (Å²) in [6.07, 6.45) is 1.52. The summed E-state index contributed by atoms with van der Waals surface area (Å²) in [5, 5.41) is 17.0. The second-order valence-electron chi connectivity index (χ2n) is 12.8. The number of fused-ring (bicyclic) bond motifs is 1. The fraction of sp³-hybridized carbons (Fsp3) is 0.531. The molecular formula is C32H43N7O5. The van der Waals surface area contributed by atoms with E-state index in [1.54, 1.807) is 17.9 Å². The molecule has 2 aromatic heterocycles. The number of carbonyl (C=O) groups excluding carboxylic acids is 2. The minimum atomic E-state index is -0.747. The molecule has 12 heteroatoms. The lowest BCUT2D eigenvalue weighted by Gasteiger charge is -2.39. The fourth-order valence-corrected chi connectivity index (χ4v) is 5.47. The van der Waals surface area contributed by atoms with Gasteiger partial charge < -0.3 is 29.8 Å². The van der Waals surface area contributed by atoms with Crippen LogP contribution >= 0.6 is 0 Å². The molecule has 3 aromatic rings.